The predicted octanol–water partition coefficient (Wildman–Crippen LogP) is 3.64. The molecular formula is C17H21N3S. The molecule has 1 unspecified atom stereocenters. The molecule has 3 nitrogen and oxygen atoms in total. The molecule has 0 saturated carbocycles. The van der Waals surface area contributed by atoms with E-state index in [0.717, 1.165) is 12.2 Å². The minimum atomic E-state index is 0.405. The zero-order valence-corrected chi connectivity index (χ0v) is 13.0. The summed E-state index contributed by atoms with van der Waals surface area (Å²) in [6.07, 6.45) is 0. The second-order valence-corrected chi connectivity index (χ2v) is 6.30. The lowest BCUT2D eigenvalue weighted by molar-refractivity contribution is 0.944. The van der Waals surface area contributed by atoms with Gasteiger partial charge in [-0.3, -0.25) is 4.99 Å². The Morgan fingerprint density at radius 3 is 2.38 bits per heavy atom. The Labute approximate surface area is 130 Å². The molecular weight excluding hydrogens is 278 g/mol. The molecule has 4 heteroatoms. The van der Waals surface area contributed by atoms with Crippen LogP contribution in [0.15, 0.2) is 70.6 Å². The first-order valence-corrected chi connectivity index (χ1v) is 7.91. The van der Waals surface area contributed by atoms with Gasteiger partial charge in [0, 0.05) is 15.8 Å². The highest BCUT2D eigenvalue weighted by atomic mass is 32.2. The average molecular weight is 299 g/mol. The molecule has 1 atom stereocenters. The summed E-state index contributed by atoms with van der Waals surface area (Å²) < 4.78 is 0. The fraction of sp³-hybridized carbons (Fsp3) is 0.235. The number of benzene rings is 2. The van der Waals surface area contributed by atoms with Crippen molar-refractivity contribution in [3.8, 4) is 0 Å². The molecule has 0 aliphatic carbocycles. The van der Waals surface area contributed by atoms with Gasteiger partial charge in [-0.1, -0.05) is 43.3 Å². The van der Waals surface area contributed by atoms with E-state index in [2.05, 4.69) is 41.5 Å². The van der Waals surface area contributed by atoms with Crippen LogP contribution in [0.3, 0.4) is 0 Å². The first kappa shape index (κ1) is 15.4. The number of thioether (sulfide) groups is 1. The minimum Gasteiger partial charge on any atom is -0.386 e. The van der Waals surface area contributed by atoms with Crippen molar-refractivity contribution in [1.29, 1.82) is 0 Å². The molecule has 0 amide bonds. The standard InChI is InChI=1S/C17H21N3S/c1-14(21-16-10-6-3-7-11-16)12-20-17(18)13-19-15-8-4-2-5-9-15/h2-11,14,19H,12-13H2,1H3,(H2,18,20). The molecule has 2 aromatic rings. The van der Waals surface area contributed by atoms with E-state index in [1.807, 2.05) is 48.2 Å². The summed E-state index contributed by atoms with van der Waals surface area (Å²) in [5.74, 6) is 0.638. The van der Waals surface area contributed by atoms with Gasteiger partial charge in [0.2, 0.25) is 0 Å². The highest BCUT2D eigenvalue weighted by Gasteiger charge is 2.03. The lowest BCUT2D eigenvalue weighted by Crippen LogP contribution is -2.24. The van der Waals surface area contributed by atoms with Gasteiger partial charge in [-0.15, -0.1) is 11.8 Å². The summed E-state index contributed by atoms with van der Waals surface area (Å²) in [7, 11) is 0. The first-order chi connectivity index (χ1) is 10.2. The second-order valence-electron chi connectivity index (χ2n) is 4.79. The number of para-hydroxylation sites is 1. The largest absolute Gasteiger partial charge is 0.386 e. The monoisotopic (exact) mass is 299 g/mol. The van der Waals surface area contributed by atoms with Crippen LogP contribution in [-0.4, -0.2) is 24.2 Å². The molecule has 0 radical (unpaired) electrons. The zero-order chi connectivity index (χ0) is 14.9. The molecule has 0 spiro atoms. The Morgan fingerprint density at radius 1 is 1.10 bits per heavy atom. The number of aliphatic imine (C=N–C) groups is 1. The summed E-state index contributed by atoms with van der Waals surface area (Å²) in [4.78, 5) is 5.71. The number of nitrogens with zero attached hydrogens (tertiary/aromatic N) is 1. The Balaban J connectivity index is 1.75. The van der Waals surface area contributed by atoms with E-state index in [4.69, 9.17) is 5.73 Å². The van der Waals surface area contributed by atoms with Gasteiger partial charge >= 0.3 is 0 Å². The van der Waals surface area contributed by atoms with Crippen molar-refractivity contribution >= 4 is 23.3 Å². The fourth-order valence-electron chi connectivity index (χ4n) is 1.82. The number of amidine groups is 1. The quantitative estimate of drug-likeness (QED) is 0.466. The molecule has 0 fully saturated rings. The van der Waals surface area contributed by atoms with Crippen LogP contribution in [0.2, 0.25) is 0 Å². The second kappa shape index (κ2) is 8.37. The number of nitrogens with one attached hydrogen (secondary N) is 1. The topological polar surface area (TPSA) is 50.4 Å². The van der Waals surface area contributed by atoms with Crippen LogP contribution >= 0.6 is 11.8 Å². The van der Waals surface area contributed by atoms with Crippen LogP contribution in [0.1, 0.15) is 6.92 Å². The molecule has 2 rings (SSSR count). The van der Waals surface area contributed by atoms with E-state index in [0.29, 0.717) is 17.6 Å². The maximum Gasteiger partial charge on any atom is 0.113 e. The van der Waals surface area contributed by atoms with Crippen LogP contribution in [0.4, 0.5) is 5.69 Å². The Morgan fingerprint density at radius 2 is 1.71 bits per heavy atom. The molecule has 0 saturated heterocycles. The van der Waals surface area contributed by atoms with Gasteiger partial charge in [-0.25, -0.2) is 0 Å². The van der Waals surface area contributed by atoms with Crippen LogP contribution < -0.4 is 11.1 Å². The fourth-order valence-corrected chi connectivity index (χ4v) is 2.75. The lowest BCUT2D eigenvalue weighted by atomic mass is 10.3. The van der Waals surface area contributed by atoms with Crippen molar-refractivity contribution in [3.63, 3.8) is 0 Å². The summed E-state index contributed by atoms with van der Waals surface area (Å²) in [5, 5.41) is 3.66. The molecule has 0 aliphatic rings. The van der Waals surface area contributed by atoms with Crippen molar-refractivity contribution in [2.75, 3.05) is 18.4 Å². The highest BCUT2D eigenvalue weighted by molar-refractivity contribution is 8.00. The number of anilines is 1. The van der Waals surface area contributed by atoms with Crippen molar-refractivity contribution < 1.29 is 0 Å². The summed E-state index contributed by atoms with van der Waals surface area (Å²) >= 11 is 1.82. The van der Waals surface area contributed by atoms with Crippen LogP contribution in [0, 0.1) is 0 Å². The Bertz CT molecular complexity index is 555. The lowest BCUT2D eigenvalue weighted by Gasteiger charge is -2.10. The van der Waals surface area contributed by atoms with E-state index >= 15 is 0 Å². The number of hydrogen-bond donors (Lipinski definition) is 2. The van der Waals surface area contributed by atoms with Gasteiger partial charge in [-0.2, -0.15) is 0 Å². The minimum absolute atomic E-state index is 0.405. The first-order valence-electron chi connectivity index (χ1n) is 7.03. The van der Waals surface area contributed by atoms with Gasteiger partial charge in [0.25, 0.3) is 0 Å². The smallest absolute Gasteiger partial charge is 0.113 e. The maximum absolute atomic E-state index is 5.94. The van der Waals surface area contributed by atoms with Gasteiger partial charge in [0.1, 0.15) is 5.84 Å². The third kappa shape index (κ3) is 5.92. The van der Waals surface area contributed by atoms with Gasteiger partial charge < -0.3 is 11.1 Å². The van der Waals surface area contributed by atoms with Crippen LogP contribution in [0.25, 0.3) is 0 Å². The zero-order valence-electron chi connectivity index (χ0n) is 12.2. The van der Waals surface area contributed by atoms with E-state index in [-0.39, 0.29) is 0 Å². The molecule has 0 bridgehead atoms. The molecule has 0 aliphatic heterocycles. The normalized spacial score (nSPS) is 12.9. The molecule has 110 valence electrons. The van der Waals surface area contributed by atoms with Crippen molar-refractivity contribution in [1.82, 2.24) is 0 Å². The van der Waals surface area contributed by atoms with E-state index in [1.165, 1.54) is 4.90 Å². The number of hydrogen-bond acceptors (Lipinski definition) is 3. The summed E-state index contributed by atoms with van der Waals surface area (Å²) in [6, 6.07) is 20.4. The molecule has 21 heavy (non-hydrogen) atoms. The predicted molar refractivity (Wildman–Crippen MR) is 93.2 cm³/mol. The van der Waals surface area contributed by atoms with E-state index in [1.54, 1.807) is 0 Å². The molecule has 2 aromatic carbocycles. The maximum atomic E-state index is 5.94. The molecule has 0 heterocycles. The third-order valence-corrected chi connectivity index (χ3v) is 3.98. The van der Waals surface area contributed by atoms with Crippen LogP contribution in [0.5, 0.6) is 0 Å². The SMILES string of the molecule is CC(CN=C(N)CNc1ccccc1)Sc1ccccc1. The van der Waals surface area contributed by atoms with E-state index < -0.39 is 0 Å². The van der Waals surface area contributed by atoms with Gasteiger partial charge in [-0.05, 0) is 24.3 Å². The van der Waals surface area contributed by atoms with Crippen molar-refractivity contribution in [2.24, 2.45) is 10.7 Å². The van der Waals surface area contributed by atoms with Crippen LogP contribution in [-0.2, 0) is 0 Å². The Hall–Kier alpha value is -1.94. The van der Waals surface area contributed by atoms with E-state index in [9.17, 15) is 0 Å². The Kier molecular flexibility index (Phi) is 6.16. The molecule has 0 aromatic heterocycles. The van der Waals surface area contributed by atoms with Gasteiger partial charge in [0.05, 0.1) is 13.1 Å². The van der Waals surface area contributed by atoms with Crippen molar-refractivity contribution in [3.05, 3.63) is 60.7 Å². The summed E-state index contributed by atoms with van der Waals surface area (Å²) in [6.45, 7) is 3.47. The highest BCUT2D eigenvalue weighted by Crippen LogP contribution is 2.22. The number of rotatable bonds is 7. The molecule has 3 N–H and O–H groups in total. The summed E-state index contributed by atoms with van der Waals surface area (Å²) in [5.41, 5.74) is 7.00. The van der Waals surface area contributed by atoms with Gasteiger partial charge in [0.15, 0.2) is 0 Å². The average Bonchev–Trinajstić information content (AvgIpc) is 2.53. The van der Waals surface area contributed by atoms with Crippen molar-refractivity contribution in [2.45, 2.75) is 17.1 Å². The third-order valence-electron chi connectivity index (χ3n) is 2.88. The number of nitrogens with two attached hydrogens (primary N) is 1.